The molecule has 118 valence electrons. The molecule has 1 aromatic heterocycles. The number of benzene rings is 1. The van der Waals surface area contributed by atoms with Crippen LogP contribution in [-0.2, 0) is 18.4 Å². The highest BCUT2D eigenvalue weighted by atomic mass is 16.5. The molecular formula is C16H22N4O2. The zero-order valence-electron chi connectivity index (χ0n) is 13.4. The number of likely N-dealkylation sites (N-methyl/N-ethyl adjacent to an activating group) is 2. The van der Waals surface area contributed by atoms with Crippen molar-refractivity contribution in [2.45, 2.75) is 12.6 Å². The predicted molar refractivity (Wildman–Crippen MR) is 84.5 cm³/mol. The van der Waals surface area contributed by atoms with Crippen molar-refractivity contribution in [2.75, 3.05) is 21.2 Å². The zero-order valence-corrected chi connectivity index (χ0v) is 13.4. The second kappa shape index (κ2) is 7.09. The molecule has 1 amide bonds. The third kappa shape index (κ3) is 3.65. The van der Waals surface area contributed by atoms with Gasteiger partial charge in [-0.1, -0.05) is 12.1 Å². The first-order valence-electron chi connectivity index (χ1n) is 7.09. The highest BCUT2D eigenvalue weighted by Crippen LogP contribution is 2.17. The standard InChI is InChI=1S/C16H22N4O2/c1-17-15(13-9-18-20(3)11-13)16(21)19(2)10-12-5-7-14(22-4)8-6-12/h5-9,11,15,17H,10H2,1-4H3. The number of aryl methyl sites for hydroxylation is 1. The van der Waals surface area contributed by atoms with Crippen LogP contribution in [0.15, 0.2) is 36.7 Å². The van der Waals surface area contributed by atoms with E-state index in [4.69, 9.17) is 4.74 Å². The van der Waals surface area contributed by atoms with Crippen LogP contribution in [0.3, 0.4) is 0 Å². The Balaban J connectivity index is 2.06. The first kappa shape index (κ1) is 16.0. The summed E-state index contributed by atoms with van der Waals surface area (Å²) in [5.74, 6) is 0.813. The van der Waals surface area contributed by atoms with Crippen LogP contribution in [0.1, 0.15) is 17.2 Å². The van der Waals surface area contributed by atoms with E-state index in [1.54, 1.807) is 37.0 Å². The lowest BCUT2D eigenvalue weighted by Crippen LogP contribution is -2.37. The van der Waals surface area contributed by atoms with Crippen molar-refractivity contribution < 1.29 is 9.53 Å². The number of amides is 1. The lowest BCUT2D eigenvalue weighted by Gasteiger charge is -2.23. The maximum Gasteiger partial charge on any atom is 0.244 e. The molecule has 6 heteroatoms. The number of hydrogen-bond donors (Lipinski definition) is 1. The van der Waals surface area contributed by atoms with Gasteiger partial charge < -0.3 is 15.0 Å². The summed E-state index contributed by atoms with van der Waals surface area (Å²) in [5, 5.41) is 7.17. The highest BCUT2D eigenvalue weighted by molar-refractivity contribution is 5.82. The number of carbonyl (C=O) groups is 1. The molecule has 22 heavy (non-hydrogen) atoms. The molecule has 1 atom stereocenters. The van der Waals surface area contributed by atoms with Gasteiger partial charge in [-0.05, 0) is 24.7 Å². The van der Waals surface area contributed by atoms with Crippen LogP contribution < -0.4 is 10.1 Å². The summed E-state index contributed by atoms with van der Waals surface area (Å²) >= 11 is 0. The highest BCUT2D eigenvalue weighted by Gasteiger charge is 2.23. The topological polar surface area (TPSA) is 59.4 Å². The second-order valence-corrected chi connectivity index (χ2v) is 5.21. The van der Waals surface area contributed by atoms with E-state index in [2.05, 4.69) is 10.4 Å². The van der Waals surface area contributed by atoms with Gasteiger partial charge >= 0.3 is 0 Å². The van der Waals surface area contributed by atoms with E-state index >= 15 is 0 Å². The number of methoxy groups -OCH3 is 1. The van der Waals surface area contributed by atoms with Crippen molar-refractivity contribution in [1.82, 2.24) is 20.0 Å². The summed E-state index contributed by atoms with van der Waals surface area (Å²) in [6, 6.07) is 7.31. The van der Waals surface area contributed by atoms with Gasteiger partial charge in [0.15, 0.2) is 0 Å². The minimum absolute atomic E-state index is 0.00585. The molecule has 1 heterocycles. The third-order valence-corrected chi connectivity index (χ3v) is 3.55. The monoisotopic (exact) mass is 302 g/mol. The van der Waals surface area contributed by atoms with Crippen molar-refractivity contribution in [3.05, 3.63) is 47.8 Å². The molecule has 0 bridgehead atoms. The van der Waals surface area contributed by atoms with Gasteiger partial charge in [-0.25, -0.2) is 0 Å². The van der Waals surface area contributed by atoms with Gasteiger partial charge in [0.05, 0.1) is 13.3 Å². The number of nitrogens with one attached hydrogen (secondary N) is 1. The SMILES string of the molecule is CNC(C(=O)N(C)Cc1ccc(OC)cc1)c1cnn(C)c1. The van der Waals surface area contributed by atoms with E-state index in [1.165, 1.54) is 0 Å². The third-order valence-electron chi connectivity index (χ3n) is 3.55. The lowest BCUT2D eigenvalue weighted by molar-refractivity contribution is -0.132. The zero-order chi connectivity index (χ0) is 16.1. The number of carbonyl (C=O) groups excluding carboxylic acids is 1. The minimum Gasteiger partial charge on any atom is -0.497 e. The van der Waals surface area contributed by atoms with Crippen LogP contribution in [0.4, 0.5) is 0 Å². The van der Waals surface area contributed by atoms with Crippen LogP contribution in [-0.4, -0.2) is 41.8 Å². The van der Waals surface area contributed by atoms with Crippen molar-refractivity contribution in [2.24, 2.45) is 7.05 Å². The molecule has 6 nitrogen and oxygen atoms in total. The Bertz CT molecular complexity index is 621. The van der Waals surface area contributed by atoms with E-state index in [0.29, 0.717) is 6.54 Å². The summed E-state index contributed by atoms with van der Waals surface area (Å²) < 4.78 is 6.83. The average Bonchev–Trinajstić information content (AvgIpc) is 2.95. The Morgan fingerprint density at radius 2 is 2.09 bits per heavy atom. The van der Waals surface area contributed by atoms with Gasteiger partial charge in [-0.3, -0.25) is 9.48 Å². The molecule has 0 saturated heterocycles. The van der Waals surface area contributed by atoms with Gasteiger partial charge in [0.2, 0.25) is 5.91 Å². The maximum absolute atomic E-state index is 12.6. The van der Waals surface area contributed by atoms with Crippen LogP contribution in [0.25, 0.3) is 0 Å². The van der Waals surface area contributed by atoms with Gasteiger partial charge in [0, 0.05) is 32.4 Å². The molecule has 0 fully saturated rings. The molecule has 0 spiro atoms. The van der Waals surface area contributed by atoms with Gasteiger partial charge in [0.1, 0.15) is 11.8 Å². The smallest absolute Gasteiger partial charge is 0.244 e. The number of ether oxygens (including phenoxy) is 1. The number of rotatable bonds is 6. The van der Waals surface area contributed by atoms with Crippen LogP contribution in [0.5, 0.6) is 5.75 Å². The fourth-order valence-corrected chi connectivity index (χ4v) is 2.33. The van der Waals surface area contributed by atoms with E-state index < -0.39 is 6.04 Å². The average molecular weight is 302 g/mol. The molecular weight excluding hydrogens is 280 g/mol. The van der Waals surface area contributed by atoms with E-state index in [1.807, 2.05) is 37.5 Å². The quantitative estimate of drug-likeness (QED) is 0.875. The van der Waals surface area contributed by atoms with Gasteiger partial charge in [-0.2, -0.15) is 5.10 Å². The predicted octanol–water partition coefficient (Wildman–Crippen LogP) is 1.35. The maximum atomic E-state index is 12.6. The first-order valence-corrected chi connectivity index (χ1v) is 7.09. The second-order valence-electron chi connectivity index (χ2n) is 5.21. The Labute approximate surface area is 130 Å². The molecule has 0 radical (unpaired) electrons. The summed E-state index contributed by atoms with van der Waals surface area (Å²) in [6.07, 6.45) is 3.56. The van der Waals surface area contributed by atoms with E-state index in [-0.39, 0.29) is 5.91 Å². The summed E-state index contributed by atoms with van der Waals surface area (Å²) in [5.41, 5.74) is 1.91. The van der Waals surface area contributed by atoms with Crippen molar-refractivity contribution >= 4 is 5.91 Å². The van der Waals surface area contributed by atoms with Gasteiger partial charge in [-0.15, -0.1) is 0 Å². The molecule has 0 aliphatic carbocycles. The summed E-state index contributed by atoms with van der Waals surface area (Å²) in [6.45, 7) is 0.543. The largest absolute Gasteiger partial charge is 0.497 e. The van der Waals surface area contributed by atoms with Crippen molar-refractivity contribution in [1.29, 1.82) is 0 Å². The molecule has 0 aliphatic heterocycles. The Hall–Kier alpha value is -2.34. The van der Waals surface area contributed by atoms with Crippen LogP contribution in [0.2, 0.25) is 0 Å². The van der Waals surface area contributed by atoms with Gasteiger partial charge in [0.25, 0.3) is 0 Å². The van der Waals surface area contributed by atoms with Crippen LogP contribution in [0, 0.1) is 0 Å². The molecule has 1 aromatic carbocycles. The molecule has 2 aromatic rings. The van der Waals surface area contributed by atoms with Crippen LogP contribution >= 0.6 is 0 Å². The lowest BCUT2D eigenvalue weighted by atomic mass is 10.1. The summed E-state index contributed by atoms with van der Waals surface area (Å²) in [7, 11) is 7.04. The summed E-state index contributed by atoms with van der Waals surface area (Å²) in [4.78, 5) is 14.3. The van der Waals surface area contributed by atoms with Crippen molar-refractivity contribution in [3.8, 4) is 5.75 Å². The fraction of sp³-hybridized carbons (Fsp3) is 0.375. The molecule has 0 saturated carbocycles. The Morgan fingerprint density at radius 1 is 1.41 bits per heavy atom. The Kier molecular flexibility index (Phi) is 5.16. The van der Waals surface area contributed by atoms with E-state index in [9.17, 15) is 4.79 Å². The molecule has 1 N–H and O–H groups in total. The normalized spacial score (nSPS) is 12.0. The minimum atomic E-state index is -0.392. The first-order chi connectivity index (χ1) is 10.5. The van der Waals surface area contributed by atoms with Crippen molar-refractivity contribution in [3.63, 3.8) is 0 Å². The fourth-order valence-electron chi connectivity index (χ4n) is 2.33. The number of nitrogens with zero attached hydrogens (tertiary/aromatic N) is 3. The molecule has 0 aliphatic rings. The number of hydrogen-bond acceptors (Lipinski definition) is 4. The Morgan fingerprint density at radius 3 is 2.59 bits per heavy atom. The van der Waals surface area contributed by atoms with E-state index in [0.717, 1.165) is 16.9 Å². The molecule has 1 unspecified atom stereocenters. The number of aromatic nitrogens is 2. The molecule has 2 rings (SSSR count).